The maximum atomic E-state index is 13.2. The van der Waals surface area contributed by atoms with Gasteiger partial charge in [-0.1, -0.05) is 11.6 Å². The lowest BCUT2D eigenvalue weighted by molar-refractivity contribution is 0.0746. The molecule has 0 N–H and O–H groups in total. The third kappa shape index (κ3) is 4.50. The van der Waals surface area contributed by atoms with Crippen molar-refractivity contribution < 1.29 is 23.5 Å². The van der Waals surface area contributed by atoms with Crippen LogP contribution in [0.15, 0.2) is 40.9 Å². The average molecular weight is 479 g/mol. The van der Waals surface area contributed by atoms with Gasteiger partial charge >= 0.3 is 0 Å². The van der Waals surface area contributed by atoms with Gasteiger partial charge in [-0.15, -0.1) is 0 Å². The van der Waals surface area contributed by atoms with E-state index in [4.69, 9.17) is 18.7 Å². The number of piperazine rings is 1. The number of hydrogen-bond acceptors (Lipinski definition) is 8. The van der Waals surface area contributed by atoms with Crippen LogP contribution in [-0.4, -0.2) is 68.5 Å². The predicted molar refractivity (Wildman–Crippen MR) is 131 cm³/mol. The molecule has 184 valence electrons. The lowest BCUT2D eigenvalue weighted by atomic mass is 9.85. The first kappa shape index (κ1) is 23.0. The van der Waals surface area contributed by atoms with E-state index in [0.29, 0.717) is 47.6 Å². The molecular formula is C26H30N4O5. The first-order valence-corrected chi connectivity index (χ1v) is 11.9. The molecule has 5 rings (SSSR count). The number of carbonyl (C=O) groups excluding carboxylic acids is 1. The third-order valence-electron chi connectivity index (χ3n) is 6.87. The molecule has 2 fully saturated rings. The molecule has 2 heterocycles. The zero-order valence-corrected chi connectivity index (χ0v) is 20.3. The molecule has 1 aliphatic carbocycles. The second-order valence-electron chi connectivity index (χ2n) is 8.82. The largest absolute Gasteiger partial charge is 0.493 e. The third-order valence-corrected chi connectivity index (χ3v) is 6.87. The molecule has 0 spiro atoms. The van der Waals surface area contributed by atoms with Crippen LogP contribution in [0.5, 0.6) is 17.2 Å². The minimum absolute atomic E-state index is 0.0568. The zero-order valence-electron chi connectivity index (χ0n) is 20.3. The summed E-state index contributed by atoms with van der Waals surface area (Å²) < 4.78 is 21.6. The van der Waals surface area contributed by atoms with Crippen LogP contribution >= 0.6 is 0 Å². The standard InChI is InChI=1S/C26H30N4O5/c1-32-21-15-19(16-22(33-2)23(21)34-3)26(31)30-13-11-29(12-14-30)20-9-7-17(8-10-20)24-27-25(35-28-24)18-5-4-6-18/h7-10,15-16,18H,4-6,11-14H2,1-3H3. The topological polar surface area (TPSA) is 90.2 Å². The van der Waals surface area contributed by atoms with Gasteiger partial charge in [0, 0.05) is 48.9 Å². The Bertz CT molecular complexity index is 1160. The smallest absolute Gasteiger partial charge is 0.254 e. The molecule has 2 aliphatic rings. The van der Waals surface area contributed by atoms with Crippen LogP contribution in [0.25, 0.3) is 11.4 Å². The van der Waals surface area contributed by atoms with E-state index in [1.54, 1.807) is 33.5 Å². The molecule has 1 aliphatic heterocycles. The van der Waals surface area contributed by atoms with Crippen molar-refractivity contribution in [2.24, 2.45) is 0 Å². The molecule has 0 radical (unpaired) electrons. The fourth-order valence-electron chi connectivity index (χ4n) is 4.55. The molecule has 1 saturated heterocycles. The predicted octanol–water partition coefficient (Wildman–Crippen LogP) is 3.99. The summed E-state index contributed by atoms with van der Waals surface area (Å²) in [6.07, 6.45) is 3.50. The van der Waals surface area contributed by atoms with Crippen LogP contribution in [-0.2, 0) is 0 Å². The van der Waals surface area contributed by atoms with Gasteiger partial charge in [-0.2, -0.15) is 4.98 Å². The summed E-state index contributed by atoms with van der Waals surface area (Å²) in [5, 5.41) is 4.16. The van der Waals surface area contributed by atoms with E-state index in [1.165, 1.54) is 6.42 Å². The van der Waals surface area contributed by atoms with Crippen molar-refractivity contribution in [1.29, 1.82) is 0 Å². The van der Waals surface area contributed by atoms with E-state index in [9.17, 15) is 4.79 Å². The summed E-state index contributed by atoms with van der Waals surface area (Å²) in [6, 6.07) is 11.6. The summed E-state index contributed by atoms with van der Waals surface area (Å²) in [5.74, 6) is 3.17. The fraction of sp³-hybridized carbons (Fsp3) is 0.423. The quantitative estimate of drug-likeness (QED) is 0.504. The van der Waals surface area contributed by atoms with E-state index < -0.39 is 0 Å². The van der Waals surface area contributed by atoms with Gasteiger partial charge < -0.3 is 28.5 Å². The summed E-state index contributed by atoms with van der Waals surface area (Å²) in [5.41, 5.74) is 2.56. The van der Waals surface area contributed by atoms with Crippen molar-refractivity contribution in [3.8, 4) is 28.6 Å². The zero-order chi connectivity index (χ0) is 24.4. The Morgan fingerprint density at radius 1 is 0.943 bits per heavy atom. The van der Waals surface area contributed by atoms with Crippen molar-refractivity contribution in [2.75, 3.05) is 52.4 Å². The van der Waals surface area contributed by atoms with Gasteiger partial charge in [-0.3, -0.25) is 4.79 Å². The second-order valence-corrected chi connectivity index (χ2v) is 8.82. The highest BCUT2D eigenvalue weighted by molar-refractivity contribution is 5.96. The molecule has 0 atom stereocenters. The first-order valence-electron chi connectivity index (χ1n) is 11.9. The van der Waals surface area contributed by atoms with E-state index in [-0.39, 0.29) is 5.91 Å². The minimum atomic E-state index is -0.0568. The van der Waals surface area contributed by atoms with Crippen molar-refractivity contribution in [1.82, 2.24) is 15.0 Å². The summed E-state index contributed by atoms with van der Waals surface area (Å²) in [6.45, 7) is 2.72. The fourth-order valence-corrected chi connectivity index (χ4v) is 4.55. The van der Waals surface area contributed by atoms with Gasteiger partial charge in [0.2, 0.25) is 17.5 Å². The van der Waals surface area contributed by atoms with Crippen LogP contribution in [0.4, 0.5) is 5.69 Å². The molecule has 0 unspecified atom stereocenters. The Labute approximate surface area is 204 Å². The molecule has 3 aromatic rings. The maximum Gasteiger partial charge on any atom is 0.254 e. The SMILES string of the molecule is COc1cc(C(=O)N2CCN(c3ccc(-c4noc(C5CCC5)n4)cc3)CC2)cc(OC)c1OC. The molecular weight excluding hydrogens is 448 g/mol. The minimum Gasteiger partial charge on any atom is -0.493 e. The molecule has 2 aromatic carbocycles. The molecule has 1 saturated carbocycles. The van der Waals surface area contributed by atoms with E-state index >= 15 is 0 Å². The van der Waals surface area contributed by atoms with Crippen molar-refractivity contribution in [3.05, 3.63) is 47.9 Å². The van der Waals surface area contributed by atoms with Gasteiger partial charge in [0.25, 0.3) is 5.91 Å². The number of hydrogen-bond donors (Lipinski definition) is 0. The first-order chi connectivity index (χ1) is 17.1. The molecule has 1 amide bonds. The summed E-state index contributed by atoms with van der Waals surface area (Å²) in [4.78, 5) is 21.9. The number of aromatic nitrogens is 2. The van der Waals surface area contributed by atoms with Crippen molar-refractivity contribution in [2.45, 2.75) is 25.2 Å². The number of carbonyl (C=O) groups is 1. The van der Waals surface area contributed by atoms with Crippen LogP contribution in [0.3, 0.4) is 0 Å². The Kier molecular flexibility index (Phi) is 6.48. The monoisotopic (exact) mass is 478 g/mol. The molecule has 1 aromatic heterocycles. The van der Waals surface area contributed by atoms with Crippen LogP contribution in [0.1, 0.15) is 41.4 Å². The number of ether oxygens (including phenoxy) is 3. The Morgan fingerprint density at radius 2 is 1.60 bits per heavy atom. The van der Waals surface area contributed by atoms with Crippen LogP contribution < -0.4 is 19.1 Å². The highest BCUT2D eigenvalue weighted by atomic mass is 16.5. The molecule has 35 heavy (non-hydrogen) atoms. The maximum absolute atomic E-state index is 13.2. The highest BCUT2D eigenvalue weighted by Crippen LogP contribution is 2.39. The number of amides is 1. The van der Waals surface area contributed by atoms with Gasteiger partial charge in [0.05, 0.1) is 21.3 Å². The summed E-state index contributed by atoms with van der Waals surface area (Å²) >= 11 is 0. The van der Waals surface area contributed by atoms with Crippen molar-refractivity contribution in [3.63, 3.8) is 0 Å². The van der Waals surface area contributed by atoms with Crippen LogP contribution in [0.2, 0.25) is 0 Å². The normalized spacial score (nSPS) is 16.1. The number of anilines is 1. The van der Waals surface area contributed by atoms with E-state index in [2.05, 4.69) is 27.2 Å². The number of nitrogens with zero attached hydrogens (tertiary/aromatic N) is 4. The number of methoxy groups -OCH3 is 3. The van der Waals surface area contributed by atoms with Gasteiger partial charge in [-0.05, 0) is 49.2 Å². The Balaban J connectivity index is 1.22. The number of rotatable bonds is 7. The lowest BCUT2D eigenvalue weighted by Crippen LogP contribution is -2.48. The summed E-state index contributed by atoms with van der Waals surface area (Å²) in [7, 11) is 4.63. The molecule has 0 bridgehead atoms. The number of benzene rings is 2. The Morgan fingerprint density at radius 3 is 2.14 bits per heavy atom. The highest BCUT2D eigenvalue weighted by Gasteiger charge is 2.27. The second kappa shape index (κ2) is 9.85. The van der Waals surface area contributed by atoms with Gasteiger partial charge in [0.1, 0.15) is 0 Å². The van der Waals surface area contributed by atoms with E-state index in [0.717, 1.165) is 43.1 Å². The van der Waals surface area contributed by atoms with Gasteiger partial charge in [-0.25, -0.2) is 0 Å². The lowest BCUT2D eigenvalue weighted by Gasteiger charge is -2.36. The molecule has 9 nitrogen and oxygen atoms in total. The van der Waals surface area contributed by atoms with Gasteiger partial charge in [0.15, 0.2) is 11.5 Å². The van der Waals surface area contributed by atoms with Crippen molar-refractivity contribution >= 4 is 11.6 Å². The average Bonchev–Trinajstić information content (AvgIpc) is 3.35. The molecule has 9 heteroatoms. The van der Waals surface area contributed by atoms with E-state index in [1.807, 2.05) is 17.0 Å². The Hall–Kier alpha value is -3.75. The van der Waals surface area contributed by atoms with Crippen LogP contribution in [0, 0.1) is 0 Å².